The Bertz CT molecular complexity index is 805. The van der Waals surface area contributed by atoms with Crippen molar-refractivity contribution in [3.8, 4) is 0 Å². The minimum Gasteiger partial charge on any atom is -0.320 e. The maximum Gasteiger partial charge on any atom is 0.256 e. The summed E-state index contributed by atoms with van der Waals surface area (Å²) in [6.45, 7) is 0. The summed E-state index contributed by atoms with van der Waals surface area (Å²) in [6.07, 6.45) is 0. The number of halogens is 2. The Labute approximate surface area is 126 Å². The van der Waals surface area contributed by atoms with Crippen molar-refractivity contribution < 1.29 is 9.18 Å². The van der Waals surface area contributed by atoms with Crippen molar-refractivity contribution in [2.75, 3.05) is 5.32 Å². The van der Waals surface area contributed by atoms with E-state index in [0.29, 0.717) is 21.2 Å². The van der Waals surface area contributed by atoms with Gasteiger partial charge in [-0.25, -0.2) is 4.39 Å². The highest BCUT2D eigenvalue weighted by atomic mass is 79.9. The van der Waals surface area contributed by atoms with Crippen LogP contribution in [0.5, 0.6) is 0 Å². The summed E-state index contributed by atoms with van der Waals surface area (Å²) in [5.41, 5.74) is 2.12. The summed E-state index contributed by atoms with van der Waals surface area (Å²) >= 11 is 4.31. The molecular weight excluding hydrogens is 345 g/mol. The number of hydrogen-bond donors (Lipinski definition) is 1. The number of carbonyl (C=O) groups excluding carboxylic acids is 1. The van der Waals surface area contributed by atoms with Crippen LogP contribution in [-0.4, -0.2) is 14.7 Å². The number of carbonyl (C=O) groups is 1. The smallest absolute Gasteiger partial charge is 0.256 e. The summed E-state index contributed by atoms with van der Waals surface area (Å²) in [5, 5.41) is 2.72. The first-order chi connectivity index (χ1) is 9.65. The summed E-state index contributed by atoms with van der Waals surface area (Å²) in [7, 11) is 0. The van der Waals surface area contributed by atoms with Gasteiger partial charge in [0, 0.05) is 4.47 Å². The largest absolute Gasteiger partial charge is 0.320 e. The molecule has 0 unspecified atom stereocenters. The lowest BCUT2D eigenvalue weighted by atomic mass is 10.2. The molecule has 0 spiro atoms. The average molecular weight is 352 g/mol. The highest BCUT2D eigenvalue weighted by Gasteiger charge is 2.13. The van der Waals surface area contributed by atoms with Crippen molar-refractivity contribution in [1.29, 1.82) is 0 Å². The van der Waals surface area contributed by atoms with E-state index in [0.717, 1.165) is 11.7 Å². The first kappa shape index (κ1) is 13.1. The maximum absolute atomic E-state index is 13.2. The van der Waals surface area contributed by atoms with Gasteiger partial charge in [-0.05, 0) is 46.3 Å². The van der Waals surface area contributed by atoms with E-state index >= 15 is 0 Å². The van der Waals surface area contributed by atoms with Gasteiger partial charge >= 0.3 is 0 Å². The molecular formula is C13H7BrFN3OS. The number of anilines is 1. The zero-order chi connectivity index (χ0) is 14.1. The van der Waals surface area contributed by atoms with Gasteiger partial charge in [-0.3, -0.25) is 4.79 Å². The monoisotopic (exact) mass is 351 g/mol. The van der Waals surface area contributed by atoms with E-state index in [2.05, 4.69) is 30.0 Å². The molecule has 0 saturated heterocycles. The SMILES string of the molecule is O=C(Nc1cccc2nsnc12)c1cc(F)ccc1Br. The van der Waals surface area contributed by atoms with Crippen molar-refractivity contribution >= 4 is 50.3 Å². The molecule has 0 bridgehead atoms. The second-order valence-electron chi connectivity index (χ2n) is 4.02. The Morgan fingerprint density at radius 1 is 1.25 bits per heavy atom. The van der Waals surface area contributed by atoms with Gasteiger partial charge in [0.1, 0.15) is 16.9 Å². The topological polar surface area (TPSA) is 54.9 Å². The molecule has 0 radical (unpaired) electrons. The molecule has 1 aromatic heterocycles. The molecule has 20 heavy (non-hydrogen) atoms. The molecule has 100 valence electrons. The van der Waals surface area contributed by atoms with Crippen LogP contribution in [-0.2, 0) is 0 Å². The van der Waals surface area contributed by atoms with E-state index < -0.39 is 11.7 Å². The number of benzene rings is 2. The van der Waals surface area contributed by atoms with Crippen LogP contribution in [0.15, 0.2) is 40.9 Å². The van der Waals surface area contributed by atoms with Gasteiger partial charge in [0.25, 0.3) is 5.91 Å². The molecule has 1 amide bonds. The number of nitrogens with one attached hydrogen (secondary N) is 1. The molecule has 0 aliphatic rings. The van der Waals surface area contributed by atoms with Gasteiger partial charge < -0.3 is 5.32 Å². The zero-order valence-corrected chi connectivity index (χ0v) is 12.3. The Balaban J connectivity index is 1.96. The Kier molecular flexibility index (Phi) is 3.45. The van der Waals surface area contributed by atoms with Crippen LogP contribution in [0.1, 0.15) is 10.4 Å². The third kappa shape index (κ3) is 2.41. The van der Waals surface area contributed by atoms with Gasteiger partial charge in [0.2, 0.25) is 0 Å². The van der Waals surface area contributed by atoms with E-state index in [1.807, 2.05) is 6.07 Å². The van der Waals surface area contributed by atoms with Crippen LogP contribution in [0.3, 0.4) is 0 Å². The Morgan fingerprint density at radius 2 is 2.10 bits per heavy atom. The molecule has 3 rings (SSSR count). The summed E-state index contributed by atoms with van der Waals surface area (Å²) in [4.78, 5) is 12.2. The van der Waals surface area contributed by atoms with Crippen LogP contribution in [0.4, 0.5) is 10.1 Å². The predicted molar refractivity (Wildman–Crippen MR) is 79.5 cm³/mol. The van der Waals surface area contributed by atoms with E-state index in [4.69, 9.17) is 0 Å². The highest BCUT2D eigenvalue weighted by molar-refractivity contribution is 9.10. The molecule has 1 N–H and O–H groups in total. The van der Waals surface area contributed by atoms with Gasteiger partial charge in [-0.15, -0.1) is 0 Å². The zero-order valence-electron chi connectivity index (χ0n) is 9.93. The molecule has 0 fully saturated rings. The van der Waals surface area contributed by atoms with Gasteiger partial charge in [-0.2, -0.15) is 8.75 Å². The van der Waals surface area contributed by atoms with Gasteiger partial charge in [-0.1, -0.05) is 6.07 Å². The number of rotatable bonds is 2. The summed E-state index contributed by atoms with van der Waals surface area (Å²) in [5.74, 6) is -0.872. The van der Waals surface area contributed by atoms with Crippen molar-refractivity contribution in [3.05, 3.63) is 52.3 Å². The molecule has 2 aromatic carbocycles. The van der Waals surface area contributed by atoms with Crippen molar-refractivity contribution in [1.82, 2.24) is 8.75 Å². The van der Waals surface area contributed by atoms with Gasteiger partial charge in [0.15, 0.2) is 0 Å². The Hall–Kier alpha value is -1.86. The predicted octanol–water partition coefficient (Wildman–Crippen LogP) is 3.85. The standard InChI is InChI=1S/C13H7BrFN3OS/c14-9-5-4-7(15)6-8(9)13(19)16-10-2-1-3-11-12(10)18-20-17-11/h1-6H,(H,16,19). The van der Waals surface area contributed by atoms with Crippen LogP contribution >= 0.6 is 27.7 Å². The molecule has 1 heterocycles. The fraction of sp³-hybridized carbons (Fsp3) is 0. The highest BCUT2D eigenvalue weighted by Crippen LogP contribution is 2.24. The molecule has 4 nitrogen and oxygen atoms in total. The fourth-order valence-corrected chi connectivity index (χ4v) is 2.74. The average Bonchev–Trinajstić information content (AvgIpc) is 2.91. The number of amides is 1. The second kappa shape index (κ2) is 5.26. The molecule has 7 heteroatoms. The molecule has 0 aliphatic carbocycles. The minimum absolute atomic E-state index is 0.227. The number of nitrogens with zero attached hydrogens (tertiary/aromatic N) is 2. The lowest BCUT2D eigenvalue weighted by Gasteiger charge is -2.07. The second-order valence-corrected chi connectivity index (χ2v) is 5.40. The third-order valence-electron chi connectivity index (χ3n) is 2.71. The van der Waals surface area contributed by atoms with Crippen LogP contribution < -0.4 is 5.32 Å². The number of aromatic nitrogens is 2. The lowest BCUT2D eigenvalue weighted by molar-refractivity contribution is 0.102. The summed E-state index contributed by atoms with van der Waals surface area (Å²) in [6, 6.07) is 9.28. The van der Waals surface area contributed by atoms with E-state index in [9.17, 15) is 9.18 Å². The van der Waals surface area contributed by atoms with E-state index in [-0.39, 0.29) is 5.56 Å². The van der Waals surface area contributed by atoms with E-state index in [1.54, 1.807) is 12.1 Å². The van der Waals surface area contributed by atoms with Gasteiger partial charge in [0.05, 0.1) is 23.0 Å². The number of fused-ring (bicyclic) bond motifs is 1. The molecule has 0 saturated carbocycles. The van der Waals surface area contributed by atoms with Crippen LogP contribution in [0.25, 0.3) is 11.0 Å². The normalized spacial score (nSPS) is 10.7. The molecule has 0 atom stereocenters. The molecule has 0 aliphatic heterocycles. The quantitative estimate of drug-likeness (QED) is 0.762. The minimum atomic E-state index is -0.466. The molecule has 3 aromatic rings. The third-order valence-corrected chi connectivity index (χ3v) is 3.94. The lowest BCUT2D eigenvalue weighted by Crippen LogP contribution is -2.13. The first-order valence-corrected chi connectivity index (χ1v) is 7.15. The van der Waals surface area contributed by atoms with Crippen molar-refractivity contribution in [2.24, 2.45) is 0 Å². The van der Waals surface area contributed by atoms with Crippen molar-refractivity contribution in [2.45, 2.75) is 0 Å². The van der Waals surface area contributed by atoms with E-state index in [1.165, 1.54) is 18.2 Å². The van der Waals surface area contributed by atoms with Crippen LogP contribution in [0.2, 0.25) is 0 Å². The summed E-state index contributed by atoms with van der Waals surface area (Å²) < 4.78 is 22.0. The first-order valence-electron chi connectivity index (χ1n) is 5.63. The Morgan fingerprint density at radius 3 is 2.95 bits per heavy atom. The van der Waals surface area contributed by atoms with Crippen LogP contribution in [0, 0.1) is 5.82 Å². The number of hydrogen-bond acceptors (Lipinski definition) is 4. The fourth-order valence-electron chi connectivity index (χ4n) is 1.77. The maximum atomic E-state index is 13.2. The van der Waals surface area contributed by atoms with Crippen molar-refractivity contribution in [3.63, 3.8) is 0 Å².